The Hall–Kier alpha value is -9.55. The summed E-state index contributed by atoms with van der Waals surface area (Å²) in [4.78, 5) is 209. The zero-order valence-corrected chi connectivity index (χ0v) is 57.7. The lowest BCUT2D eigenvalue weighted by molar-refractivity contribution is -0.287. The van der Waals surface area contributed by atoms with Gasteiger partial charge in [0.05, 0.1) is 46.7 Å². The van der Waals surface area contributed by atoms with Crippen LogP contribution in [0, 0.1) is 5.92 Å². The standard InChI is InChI=1S/C60H91N11O29S/c1-26(2)18-37(68-53(86)34(12-15-44(61)79)67-57(90)39(22-73)69-56(89)38(21-72)64-45(80)20-62-41(25-101)33-11-10-32(94-8)19-42(33)95-9)55(88)66-35(13-16-46(81)82)52(85)65-36(14-17-47(83)84)54(87)71-48(58(91)70-40(23-74)59(92)93)27(3)97-60-49(63-28(4)75)51(99-31(7)78)50(98-30(6)77)43(100-60)24-96-29(5)76/h10-11,19,26-27,34-41,43,48-51,60,62,72-74,101H,12-18,20-25H2,1-9H3,(H2,61,79)(H,63,75)(H,64,80)(H,65,85)(H,66,88)(H,67,90)(H,68,86)(H,69,89)(H,70,91)(H,71,87)(H,81,82)(H,83,84)(H,92,93)/t27-,34+,35+,36+,37+,38+,39+,40+,41?,43-,48+,49-,50+,51-,60+/m1/s1. The van der Waals surface area contributed by atoms with Gasteiger partial charge in [-0.05, 0) is 44.6 Å². The number of nitrogens with two attached hydrogens (primary N) is 1. The Morgan fingerprint density at radius 2 is 1.04 bits per heavy atom. The first kappa shape index (κ1) is 87.5. The SMILES string of the molecule is COc1ccc(C(CS)NCC(=O)N[C@@H](CO)C(=O)N[C@@H](CO)C(=O)N[C@@H](CCC(N)=O)C(=O)N[C@@H](CC(C)C)C(=O)N[C@@H](CCC(=O)O)C(=O)N[C@@H](CCC(=O)O)C(=O)N[C@H](C(=O)N[C@@H](CO)C(=O)O)[C@@H](C)O[C@H]2O[C@H](COC(C)=O)[C@H](OC(C)=O)[C@H](OC(C)=O)[C@H]2NC(C)=O)c(OC)c1. The summed E-state index contributed by atoms with van der Waals surface area (Å²) in [6.07, 6.45) is -13.8. The van der Waals surface area contributed by atoms with E-state index in [9.17, 15) is 107 Å². The summed E-state index contributed by atoms with van der Waals surface area (Å²) < 4.78 is 38.7. The second-order valence-electron chi connectivity index (χ2n) is 23.1. The number of methoxy groups -OCH3 is 2. The van der Waals surface area contributed by atoms with Crippen LogP contribution in [-0.2, 0) is 100 Å². The number of thiol groups is 1. The summed E-state index contributed by atoms with van der Waals surface area (Å²) in [5, 5.41) is 82.5. The van der Waals surface area contributed by atoms with Crippen molar-refractivity contribution in [2.75, 3.05) is 52.9 Å². The average Bonchev–Trinajstić information content (AvgIpc) is 0.778. The third kappa shape index (κ3) is 30.4. The fourth-order valence-corrected chi connectivity index (χ4v) is 10.0. The molecule has 1 aliphatic heterocycles. The van der Waals surface area contributed by atoms with Gasteiger partial charge >= 0.3 is 35.8 Å². The van der Waals surface area contributed by atoms with Crippen LogP contribution in [0.4, 0.5) is 0 Å². The fourth-order valence-electron chi connectivity index (χ4n) is 9.72. The quantitative estimate of drug-likeness (QED) is 0.0164. The number of carbonyl (C=O) groups excluding carboxylic acids is 13. The van der Waals surface area contributed by atoms with Gasteiger partial charge in [-0.1, -0.05) is 19.9 Å². The first-order valence-electron chi connectivity index (χ1n) is 31.3. The number of aliphatic hydroxyl groups is 3. The highest BCUT2D eigenvalue weighted by Gasteiger charge is 2.52. The number of aliphatic hydroxyl groups excluding tert-OH is 3. The smallest absolute Gasteiger partial charge is 0.328 e. The minimum Gasteiger partial charge on any atom is -0.497 e. The molecule has 0 aliphatic carbocycles. The minimum absolute atomic E-state index is 0.156. The first-order valence-corrected chi connectivity index (χ1v) is 31.9. The zero-order valence-electron chi connectivity index (χ0n) is 56.8. The van der Waals surface area contributed by atoms with E-state index in [1.54, 1.807) is 32.0 Å². The van der Waals surface area contributed by atoms with Crippen molar-refractivity contribution >= 4 is 108 Å². The van der Waals surface area contributed by atoms with Crippen LogP contribution >= 0.6 is 12.6 Å². The van der Waals surface area contributed by atoms with Gasteiger partial charge in [-0.25, -0.2) is 4.79 Å². The lowest BCUT2D eigenvalue weighted by Gasteiger charge is -2.46. The summed E-state index contributed by atoms with van der Waals surface area (Å²) in [6.45, 7) is 3.43. The van der Waals surface area contributed by atoms with E-state index >= 15 is 0 Å². The molecule has 1 heterocycles. The Kier molecular flexibility index (Phi) is 38.0. The maximum Gasteiger partial charge on any atom is 0.328 e. The molecule has 41 heteroatoms. The Morgan fingerprint density at radius 3 is 1.49 bits per heavy atom. The highest BCUT2D eigenvalue weighted by molar-refractivity contribution is 7.80. The van der Waals surface area contributed by atoms with Gasteiger partial charge in [0, 0.05) is 70.4 Å². The van der Waals surface area contributed by atoms with Gasteiger partial charge < -0.3 is 123 Å². The Morgan fingerprint density at radius 1 is 0.574 bits per heavy atom. The summed E-state index contributed by atoms with van der Waals surface area (Å²) in [6, 6.07) is -13.0. The average molecular weight is 1460 g/mol. The molecule has 2 rings (SSSR count). The minimum atomic E-state index is -2.22. The molecule has 0 aromatic heterocycles. The predicted molar refractivity (Wildman–Crippen MR) is 345 cm³/mol. The summed E-state index contributed by atoms with van der Waals surface area (Å²) in [7, 11) is 2.87. The predicted octanol–water partition coefficient (Wildman–Crippen LogP) is -6.69. The molecule has 1 fully saturated rings. The van der Waals surface area contributed by atoms with Gasteiger partial charge in [-0.15, -0.1) is 0 Å². The van der Waals surface area contributed by atoms with Crippen molar-refractivity contribution in [3.63, 3.8) is 0 Å². The number of carbonyl (C=O) groups is 16. The van der Waals surface area contributed by atoms with E-state index in [1.165, 1.54) is 14.2 Å². The van der Waals surface area contributed by atoms with Crippen molar-refractivity contribution in [2.24, 2.45) is 11.7 Å². The van der Waals surface area contributed by atoms with Crippen molar-refractivity contribution in [1.29, 1.82) is 0 Å². The molecule has 1 unspecified atom stereocenters. The molecule has 1 aromatic carbocycles. The van der Waals surface area contributed by atoms with E-state index in [4.69, 9.17) is 38.9 Å². The van der Waals surface area contributed by atoms with Crippen LogP contribution in [0.15, 0.2) is 18.2 Å². The number of hydrogen-bond donors (Lipinski definition) is 18. The molecule has 566 valence electrons. The van der Waals surface area contributed by atoms with E-state index in [0.717, 1.165) is 34.6 Å². The van der Waals surface area contributed by atoms with E-state index in [1.807, 2.05) is 5.32 Å². The number of rotatable bonds is 45. The number of amides is 10. The molecule has 1 aliphatic rings. The monoisotopic (exact) mass is 1460 g/mol. The number of primary amides is 1. The molecular formula is C60H91N11O29S. The van der Waals surface area contributed by atoms with Crippen LogP contribution < -0.4 is 68.4 Å². The van der Waals surface area contributed by atoms with Crippen LogP contribution in [0.3, 0.4) is 0 Å². The van der Waals surface area contributed by atoms with Gasteiger partial charge in [0.15, 0.2) is 18.5 Å². The second-order valence-corrected chi connectivity index (χ2v) is 23.5. The number of esters is 3. The number of benzene rings is 1. The summed E-state index contributed by atoms with van der Waals surface area (Å²) in [5.41, 5.74) is 5.96. The van der Waals surface area contributed by atoms with Crippen molar-refractivity contribution < 1.29 is 141 Å². The summed E-state index contributed by atoms with van der Waals surface area (Å²) in [5.74, 6) is -19.3. The third-order valence-corrected chi connectivity index (χ3v) is 15.0. The largest absolute Gasteiger partial charge is 0.497 e. The molecule has 18 N–H and O–H groups in total. The molecular weight excluding hydrogens is 1370 g/mol. The Labute approximate surface area is 583 Å². The molecule has 0 saturated carbocycles. The molecule has 40 nitrogen and oxygen atoms in total. The van der Waals surface area contributed by atoms with Gasteiger partial charge in [-0.3, -0.25) is 71.9 Å². The molecule has 10 amide bonds. The second kappa shape index (κ2) is 43.9. The van der Waals surface area contributed by atoms with E-state index in [-0.39, 0.29) is 12.2 Å². The molecule has 0 radical (unpaired) electrons. The highest BCUT2D eigenvalue weighted by Crippen LogP contribution is 2.31. The number of aliphatic carboxylic acids is 3. The maximum absolute atomic E-state index is 14.5. The van der Waals surface area contributed by atoms with Crippen LogP contribution in [-0.4, -0.2) is 264 Å². The molecule has 1 aromatic rings. The van der Waals surface area contributed by atoms with Crippen LogP contribution in [0.2, 0.25) is 0 Å². The van der Waals surface area contributed by atoms with Crippen molar-refractivity contribution in [2.45, 2.75) is 185 Å². The topological polar surface area (TPSA) is 605 Å². The van der Waals surface area contributed by atoms with Crippen molar-refractivity contribution in [3.8, 4) is 11.5 Å². The van der Waals surface area contributed by atoms with Crippen molar-refractivity contribution in [3.05, 3.63) is 23.8 Å². The van der Waals surface area contributed by atoms with Crippen LogP contribution in [0.5, 0.6) is 11.5 Å². The van der Waals surface area contributed by atoms with E-state index in [0.29, 0.717) is 17.1 Å². The van der Waals surface area contributed by atoms with Crippen LogP contribution in [0.1, 0.15) is 105 Å². The maximum atomic E-state index is 14.5. The first-order chi connectivity index (χ1) is 47.4. The molecule has 1 saturated heterocycles. The van der Waals surface area contributed by atoms with Gasteiger partial charge in [0.25, 0.3) is 0 Å². The van der Waals surface area contributed by atoms with E-state index in [2.05, 4.69) is 60.5 Å². The molecule has 0 spiro atoms. The van der Waals surface area contributed by atoms with Gasteiger partial charge in [0.1, 0.15) is 78.6 Å². The highest BCUT2D eigenvalue weighted by atomic mass is 32.1. The molecule has 0 bridgehead atoms. The summed E-state index contributed by atoms with van der Waals surface area (Å²) >= 11 is 4.35. The fraction of sp³-hybridized carbons (Fsp3) is 0.633. The Bertz CT molecular complexity index is 3090. The number of nitrogens with one attached hydrogen (secondary N) is 10. The normalized spacial score (nSPS) is 18.5. The molecule has 101 heavy (non-hydrogen) atoms. The zero-order chi connectivity index (χ0) is 76.5. The Balaban J connectivity index is 2.56. The molecule has 15 atom stereocenters. The van der Waals surface area contributed by atoms with Crippen LogP contribution in [0.25, 0.3) is 0 Å². The number of ether oxygens (including phenoxy) is 7. The third-order valence-electron chi connectivity index (χ3n) is 14.6. The number of carboxylic acids is 3. The van der Waals surface area contributed by atoms with Gasteiger partial charge in [-0.2, -0.15) is 12.6 Å². The van der Waals surface area contributed by atoms with Crippen molar-refractivity contribution in [1.82, 2.24) is 53.2 Å². The van der Waals surface area contributed by atoms with E-state index < -0.39 is 263 Å². The lowest BCUT2D eigenvalue weighted by Crippen LogP contribution is -2.68. The lowest BCUT2D eigenvalue weighted by atomic mass is 9.95. The number of carboxylic acid groups (broad SMARTS) is 3. The van der Waals surface area contributed by atoms with Gasteiger partial charge in [0.2, 0.25) is 59.1 Å². The number of hydrogen-bond acceptors (Lipinski definition) is 28.